The molecule has 0 heterocycles. The lowest BCUT2D eigenvalue weighted by molar-refractivity contribution is -0.870. The Morgan fingerprint density at radius 1 is 0.390 bits per heavy atom. The van der Waals surface area contributed by atoms with Crippen LogP contribution in [0.5, 0.6) is 0 Å². The molecule has 0 bridgehead atoms. The summed E-state index contributed by atoms with van der Waals surface area (Å²) in [6.07, 6.45) is 73.9. The van der Waals surface area contributed by atoms with Crippen LogP contribution in [0.15, 0.2) is 72.9 Å². The van der Waals surface area contributed by atoms with E-state index in [9.17, 15) is 19.5 Å². The molecule has 0 saturated heterocycles. The minimum atomic E-state index is -1.63. The molecule has 0 aliphatic rings. The van der Waals surface area contributed by atoms with Crippen molar-refractivity contribution in [3.63, 3.8) is 0 Å². The van der Waals surface area contributed by atoms with Gasteiger partial charge in [-0.25, -0.2) is 0 Å². The third kappa shape index (κ3) is 60.2. The van der Waals surface area contributed by atoms with Crippen molar-refractivity contribution in [3.05, 3.63) is 72.9 Å². The number of carbonyl (C=O) groups is 3. The molecular weight excluding hydrogens is 959 g/mol. The fourth-order valence-electron chi connectivity index (χ4n) is 8.96. The molecule has 0 aromatic rings. The van der Waals surface area contributed by atoms with Crippen molar-refractivity contribution in [3.8, 4) is 0 Å². The third-order valence-electron chi connectivity index (χ3n) is 13.9. The van der Waals surface area contributed by atoms with Gasteiger partial charge in [0, 0.05) is 12.8 Å². The Bertz CT molecular complexity index is 1490. The molecule has 2 atom stereocenters. The number of rotatable bonds is 59. The average Bonchev–Trinajstić information content (AvgIpc) is 3.40. The third-order valence-corrected chi connectivity index (χ3v) is 13.9. The van der Waals surface area contributed by atoms with Crippen LogP contribution in [-0.2, 0) is 33.3 Å². The van der Waals surface area contributed by atoms with Gasteiger partial charge in [-0.1, -0.05) is 254 Å². The number of nitrogens with zero attached hydrogens (tertiary/aromatic N) is 1. The van der Waals surface area contributed by atoms with Crippen LogP contribution in [0.1, 0.15) is 284 Å². The number of hydrogen-bond donors (Lipinski definition) is 0. The Morgan fingerprint density at radius 2 is 0.701 bits per heavy atom. The zero-order valence-electron chi connectivity index (χ0n) is 50.8. The van der Waals surface area contributed by atoms with Crippen LogP contribution >= 0.6 is 0 Å². The molecule has 0 aromatic heterocycles. The van der Waals surface area contributed by atoms with E-state index in [1.54, 1.807) is 0 Å². The molecule has 0 amide bonds. The molecular formula is C68H121NO8. The van der Waals surface area contributed by atoms with E-state index < -0.39 is 24.3 Å². The predicted octanol–water partition coefficient (Wildman–Crippen LogP) is 18.0. The summed E-state index contributed by atoms with van der Waals surface area (Å²) >= 11 is 0. The van der Waals surface area contributed by atoms with Crippen LogP contribution in [0, 0.1) is 0 Å². The molecule has 9 nitrogen and oxygen atoms in total. The van der Waals surface area contributed by atoms with Gasteiger partial charge in [-0.2, -0.15) is 0 Å². The first kappa shape index (κ1) is 73.7. The summed E-state index contributed by atoms with van der Waals surface area (Å²) in [6.45, 7) is 4.72. The van der Waals surface area contributed by atoms with E-state index in [0.29, 0.717) is 17.4 Å². The smallest absolute Gasteiger partial charge is 0.306 e. The first-order chi connectivity index (χ1) is 37.6. The number of carboxylic acids is 1. The van der Waals surface area contributed by atoms with Crippen LogP contribution in [0.25, 0.3) is 0 Å². The number of hydrogen-bond acceptors (Lipinski definition) is 8. The van der Waals surface area contributed by atoms with Gasteiger partial charge < -0.3 is 33.3 Å². The summed E-state index contributed by atoms with van der Waals surface area (Å²) in [5.41, 5.74) is 0. The summed E-state index contributed by atoms with van der Waals surface area (Å²) in [4.78, 5) is 37.4. The molecule has 0 N–H and O–H groups in total. The van der Waals surface area contributed by atoms with Gasteiger partial charge in [0.2, 0.25) is 0 Å². The number of likely N-dealkylation sites (N-methyl/N-ethyl adjacent to an activating group) is 1. The summed E-state index contributed by atoms with van der Waals surface area (Å²) in [5, 5.41) is 11.8. The van der Waals surface area contributed by atoms with Crippen LogP contribution < -0.4 is 5.11 Å². The van der Waals surface area contributed by atoms with Gasteiger partial charge in [-0.05, 0) is 89.9 Å². The van der Waals surface area contributed by atoms with Gasteiger partial charge >= 0.3 is 11.9 Å². The highest BCUT2D eigenvalue weighted by Crippen LogP contribution is 2.17. The summed E-state index contributed by atoms with van der Waals surface area (Å²) in [5.74, 6) is -2.29. The lowest BCUT2D eigenvalue weighted by atomic mass is 10.0. The predicted molar refractivity (Wildman–Crippen MR) is 325 cm³/mol. The summed E-state index contributed by atoms with van der Waals surface area (Å²) in [6, 6.07) is 0. The molecule has 9 heteroatoms. The standard InChI is InChI=1S/C68H121NO8/c1-6-8-10-12-14-16-18-20-22-24-26-27-28-29-30-31-32-33-34-35-36-37-38-39-41-43-45-47-49-51-53-55-57-59-66(71)77-64(63-76-68(67(72)73)74-61-60-69(3,4)5)62-75-65(70)58-56-54-52-50-48-46-44-42-40-25-23-21-19-17-15-13-11-9-7-2/h15,17-18,20-21,23-24,26,28-29,40,42,64,68H,6-14,16,19,22,25,27,30-39,41,43-63H2,1-5H3/b17-15-,20-18-,23-21-,26-24-,29-28-,42-40-. The van der Waals surface area contributed by atoms with Crippen molar-refractivity contribution in [2.75, 3.05) is 47.5 Å². The molecule has 0 aliphatic heterocycles. The second kappa shape index (κ2) is 58.9. The Kier molecular flexibility index (Phi) is 56.4. The number of ether oxygens (including phenoxy) is 4. The first-order valence-electron chi connectivity index (χ1n) is 32.1. The van der Waals surface area contributed by atoms with Gasteiger partial charge in [-0.15, -0.1) is 0 Å². The van der Waals surface area contributed by atoms with E-state index in [0.717, 1.165) is 70.6 Å². The van der Waals surface area contributed by atoms with E-state index in [4.69, 9.17) is 18.9 Å². The highest BCUT2D eigenvalue weighted by molar-refractivity contribution is 5.70. The molecule has 0 aliphatic carbocycles. The Balaban J connectivity index is 4.13. The van der Waals surface area contributed by atoms with Gasteiger partial charge in [0.05, 0.1) is 40.3 Å². The highest BCUT2D eigenvalue weighted by atomic mass is 16.7. The molecule has 0 radical (unpaired) electrons. The largest absolute Gasteiger partial charge is 0.545 e. The Morgan fingerprint density at radius 3 is 1.06 bits per heavy atom. The average molecular weight is 1080 g/mol. The maximum Gasteiger partial charge on any atom is 0.306 e. The van der Waals surface area contributed by atoms with Crippen molar-refractivity contribution in [1.29, 1.82) is 0 Å². The molecule has 446 valence electrons. The fourth-order valence-corrected chi connectivity index (χ4v) is 8.96. The lowest BCUT2D eigenvalue weighted by Crippen LogP contribution is -2.44. The maximum absolute atomic E-state index is 12.9. The van der Waals surface area contributed by atoms with Gasteiger partial charge in [0.15, 0.2) is 12.4 Å². The molecule has 0 fully saturated rings. The number of carboxylic acid groups (broad SMARTS) is 1. The number of aliphatic carboxylic acids is 1. The minimum Gasteiger partial charge on any atom is -0.545 e. The molecule has 77 heavy (non-hydrogen) atoms. The van der Waals surface area contributed by atoms with Crippen molar-refractivity contribution in [2.45, 2.75) is 296 Å². The maximum atomic E-state index is 12.9. The van der Waals surface area contributed by atoms with Gasteiger partial charge in [0.25, 0.3) is 0 Å². The van der Waals surface area contributed by atoms with Crippen molar-refractivity contribution in [1.82, 2.24) is 0 Å². The summed E-state index contributed by atoms with van der Waals surface area (Å²) < 4.78 is 22.7. The molecule has 0 saturated carbocycles. The Hall–Kier alpha value is -3.27. The topological polar surface area (TPSA) is 111 Å². The van der Waals surface area contributed by atoms with E-state index in [1.165, 1.54) is 180 Å². The quantitative estimate of drug-likeness (QED) is 0.0195. The molecule has 0 spiro atoms. The number of quaternary nitrogens is 1. The normalized spacial score (nSPS) is 13.2. The van der Waals surface area contributed by atoms with Crippen LogP contribution in [0.4, 0.5) is 0 Å². The number of carbonyl (C=O) groups excluding carboxylic acids is 3. The molecule has 0 rings (SSSR count). The molecule has 2 unspecified atom stereocenters. The SMILES string of the molecule is CCCCC/C=C\C/C=C\C/C=C\CCCCCCCCC(=O)OCC(COC(OCC[N+](C)(C)C)C(=O)[O-])OC(=O)CCCCCCCCCCCCCCCCCCCC/C=C\C/C=C\C/C=C\CCCCCCC. The second-order valence-corrected chi connectivity index (χ2v) is 22.7. The highest BCUT2D eigenvalue weighted by Gasteiger charge is 2.22. The van der Waals surface area contributed by atoms with Gasteiger partial charge in [0.1, 0.15) is 13.2 Å². The van der Waals surface area contributed by atoms with Crippen molar-refractivity contribution >= 4 is 17.9 Å². The first-order valence-corrected chi connectivity index (χ1v) is 32.1. The Labute approximate surface area is 475 Å². The van der Waals surface area contributed by atoms with Crippen molar-refractivity contribution in [2.24, 2.45) is 0 Å². The molecule has 0 aromatic carbocycles. The number of allylic oxidation sites excluding steroid dienone is 12. The summed E-state index contributed by atoms with van der Waals surface area (Å²) in [7, 11) is 5.92. The zero-order chi connectivity index (χ0) is 56.2. The van der Waals surface area contributed by atoms with E-state index in [-0.39, 0.29) is 38.6 Å². The van der Waals surface area contributed by atoms with Crippen molar-refractivity contribution < 1.29 is 42.9 Å². The lowest BCUT2D eigenvalue weighted by Gasteiger charge is -2.26. The zero-order valence-corrected chi connectivity index (χ0v) is 50.8. The fraction of sp³-hybridized carbons (Fsp3) is 0.779. The second-order valence-electron chi connectivity index (χ2n) is 22.7. The minimum absolute atomic E-state index is 0.144. The number of unbranched alkanes of at least 4 members (excludes halogenated alkanes) is 32. The number of esters is 2. The van der Waals surface area contributed by atoms with Crippen LogP contribution in [0.2, 0.25) is 0 Å². The van der Waals surface area contributed by atoms with Gasteiger partial charge in [-0.3, -0.25) is 9.59 Å². The van der Waals surface area contributed by atoms with Crippen LogP contribution in [0.3, 0.4) is 0 Å². The monoisotopic (exact) mass is 1080 g/mol. The van der Waals surface area contributed by atoms with E-state index in [1.807, 2.05) is 21.1 Å². The van der Waals surface area contributed by atoms with Crippen LogP contribution in [-0.4, -0.2) is 82.3 Å². The van der Waals surface area contributed by atoms with E-state index >= 15 is 0 Å². The van der Waals surface area contributed by atoms with E-state index in [2.05, 4.69) is 86.8 Å².